The molecule has 6 heteroatoms. The van der Waals surface area contributed by atoms with Gasteiger partial charge in [-0.25, -0.2) is 8.42 Å². The number of sulfone groups is 1. The number of hydrogen-bond acceptors (Lipinski definition) is 4. The van der Waals surface area contributed by atoms with E-state index < -0.39 is 9.84 Å². The van der Waals surface area contributed by atoms with Gasteiger partial charge in [0.2, 0.25) is 0 Å². The van der Waals surface area contributed by atoms with E-state index in [0.717, 1.165) is 37.8 Å². The van der Waals surface area contributed by atoms with Gasteiger partial charge in [0.25, 0.3) is 5.91 Å². The molecule has 0 aliphatic carbocycles. The highest BCUT2D eigenvalue weighted by molar-refractivity contribution is 7.90. The molecule has 1 heterocycles. The smallest absolute Gasteiger partial charge is 0.251 e. The highest BCUT2D eigenvalue weighted by Crippen LogP contribution is 2.16. The summed E-state index contributed by atoms with van der Waals surface area (Å²) < 4.78 is 23.2. The van der Waals surface area contributed by atoms with Crippen LogP contribution in [0.4, 0.5) is 0 Å². The van der Waals surface area contributed by atoms with Crippen molar-refractivity contribution in [2.75, 3.05) is 25.9 Å². The van der Waals surface area contributed by atoms with Gasteiger partial charge in [0.1, 0.15) is 0 Å². The van der Waals surface area contributed by atoms with E-state index >= 15 is 0 Å². The largest absolute Gasteiger partial charge is 0.352 e. The predicted octanol–water partition coefficient (Wildman–Crippen LogP) is 1.13. The van der Waals surface area contributed by atoms with E-state index in [1.165, 1.54) is 12.1 Å². The first-order valence-electron chi connectivity index (χ1n) is 7.17. The van der Waals surface area contributed by atoms with E-state index in [1.54, 1.807) is 6.07 Å². The first-order chi connectivity index (χ1) is 9.88. The summed E-state index contributed by atoms with van der Waals surface area (Å²) in [6, 6.07) is 4.67. The van der Waals surface area contributed by atoms with Crippen molar-refractivity contribution in [3.8, 4) is 0 Å². The molecule has 1 aromatic rings. The van der Waals surface area contributed by atoms with E-state index in [4.69, 9.17) is 0 Å². The van der Waals surface area contributed by atoms with Gasteiger partial charge in [-0.3, -0.25) is 4.79 Å². The van der Waals surface area contributed by atoms with Crippen LogP contribution in [0.25, 0.3) is 0 Å². The molecule has 21 heavy (non-hydrogen) atoms. The Morgan fingerprint density at radius 3 is 2.81 bits per heavy atom. The Morgan fingerprint density at radius 1 is 1.43 bits per heavy atom. The maximum Gasteiger partial charge on any atom is 0.251 e. The van der Waals surface area contributed by atoms with E-state index in [9.17, 15) is 13.2 Å². The lowest BCUT2D eigenvalue weighted by atomic mass is 9.99. The summed E-state index contributed by atoms with van der Waals surface area (Å²) in [5, 5.41) is 6.22. The van der Waals surface area contributed by atoms with Gasteiger partial charge < -0.3 is 10.6 Å². The molecular formula is C15H22N2O3S. The number of carbonyl (C=O) groups excluding carboxylic acids is 1. The van der Waals surface area contributed by atoms with Gasteiger partial charge in [-0.15, -0.1) is 0 Å². The van der Waals surface area contributed by atoms with Crippen molar-refractivity contribution >= 4 is 15.7 Å². The normalized spacial score (nSPS) is 19.2. The third-order valence-corrected chi connectivity index (χ3v) is 4.94. The second-order valence-electron chi connectivity index (χ2n) is 5.67. The Kier molecular flexibility index (Phi) is 5.00. The van der Waals surface area contributed by atoms with Gasteiger partial charge in [0.15, 0.2) is 9.84 Å². The highest BCUT2D eigenvalue weighted by atomic mass is 32.2. The number of piperidine rings is 1. The molecule has 1 unspecified atom stereocenters. The summed E-state index contributed by atoms with van der Waals surface area (Å²) in [5.74, 6) is 0.240. The zero-order valence-corrected chi connectivity index (χ0v) is 13.3. The number of rotatable bonds is 4. The van der Waals surface area contributed by atoms with Crippen LogP contribution in [0.5, 0.6) is 0 Å². The van der Waals surface area contributed by atoms with Crippen molar-refractivity contribution in [2.45, 2.75) is 24.7 Å². The summed E-state index contributed by atoms with van der Waals surface area (Å²) >= 11 is 0. The predicted molar refractivity (Wildman–Crippen MR) is 82.2 cm³/mol. The van der Waals surface area contributed by atoms with Crippen molar-refractivity contribution in [1.29, 1.82) is 0 Å². The lowest BCUT2D eigenvalue weighted by molar-refractivity contribution is 0.0944. The van der Waals surface area contributed by atoms with Gasteiger partial charge in [-0.1, -0.05) is 6.07 Å². The fourth-order valence-electron chi connectivity index (χ4n) is 2.51. The van der Waals surface area contributed by atoms with Crippen molar-refractivity contribution in [3.63, 3.8) is 0 Å². The molecule has 0 radical (unpaired) electrons. The molecule has 116 valence electrons. The number of nitrogens with one attached hydrogen (secondary N) is 2. The van der Waals surface area contributed by atoms with Crippen LogP contribution in [-0.4, -0.2) is 40.2 Å². The zero-order valence-electron chi connectivity index (χ0n) is 12.5. The van der Waals surface area contributed by atoms with Gasteiger partial charge in [-0.05, 0) is 56.5 Å². The summed E-state index contributed by atoms with van der Waals surface area (Å²) in [4.78, 5) is 12.4. The SMILES string of the molecule is Cc1ccc(S(C)(=O)=O)cc1C(=O)NCC1CCCNC1. The zero-order chi connectivity index (χ0) is 15.5. The van der Waals surface area contributed by atoms with Crippen LogP contribution < -0.4 is 10.6 Å². The Bertz CT molecular complexity index is 620. The maximum atomic E-state index is 12.3. The average Bonchev–Trinajstić information content (AvgIpc) is 2.45. The number of hydrogen-bond donors (Lipinski definition) is 2. The van der Waals surface area contributed by atoms with Crippen LogP contribution in [0.2, 0.25) is 0 Å². The van der Waals surface area contributed by atoms with Crippen LogP contribution in [0, 0.1) is 12.8 Å². The molecule has 2 rings (SSSR count). The fraction of sp³-hybridized carbons (Fsp3) is 0.533. The van der Waals surface area contributed by atoms with Gasteiger partial charge >= 0.3 is 0 Å². The second kappa shape index (κ2) is 6.58. The molecule has 0 aromatic heterocycles. The highest BCUT2D eigenvalue weighted by Gasteiger charge is 2.17. The number of amides is 1. The van der Waals surface area contributed by atoms with Crippen molar-refractivity contribution in [2.24, 2.45) is 5.92 Å². The Hall–Kier alpha value is -1.40. The first kappa shape index (κ1) is 16.0. The van der Waals surface area contributed by atoms with Crippen LogP contribution in [-0.2, 0) is 9.84 Å². The molecule has 1 fully saturated rings. The quantitative estimate of drug-likeness (QED) is 0.874. The molecule has 0 saturated carbocycles. The summed E-state index contributed by atoms with van der Waals surface area (Å²) in [6.45, 7) is 4.39. The third-order valence-electron chi connectivity index (χ3n) is 3.83. The molecule has 0 bridgehead atoms. The monoisotopic (exact) mass is 310 g/mol. The molecule has 2 N–H and O–H groups in total. The van der Waals surface area contributed by atoms with Gasteiger partial charge in [0.05, 0.1) is 4.90 Å². The number of benzene rings is 1. The van der Waals surface area contributed by atoms with Crippen LogP contribution in [0.1, 0.15) is 28.8 Å². The molecule has 0 spiro atoms. The first-order valence-corrected chi connectivity index (χ1v) is 9.06. The topological polar surface area (TPSA) is 75.3 Å². The molecule has 1 amide bonds. The van der Waals surface area contributed by atoms with Crippen molar-refractivity contribution in [1.82, 2.24) is 10.6 Å². The Labute approximate surface area is 126 Å². The minimum Gasteiger partial charge on any atom is -0.352 e. The molecule has 1 aliphatic rings. The minimum absolute atomic E-state index is 0.178. The van der Waals surface area contributed by atoms with Crippen LogP contribution >= 0.6 is 0 Å². The molecule has 1 aliphatic heterocycles. The standard InChI is InChI=1S/C15H22N2O3S/c1-11-5-6-13(21(2,19)20)8-14(11)15(18)17-10-12-4-3-7-16-9-12/h5-6,8,12,16H,3-4,7,9-10H2,1-2H3,(H,17,18). The number of carbonyl (C=O) groups is 1. The summed E-state index contributed by atoms with van der Waals surface area (Å²) in [7, 11) is -3.30. The lowest BCUT2D eigenvalue weighted by Gasteiger charge is -2.23. The maximum absolute atomic E-state index is 12.3. The molecule has 1 atom stereocenters. The summed E-state index contributed by atoms with van der Waals surface area (Å²) in [5.41, 5.74) is 1.21. The van der Waals surface area contributed by atoms with Gasteiger partial charge in [0, 0.05) is 18.4 Å². The number of aryl methyl sites for hydroxylation is 1. The Balaban J connectivity index is 2.07. The van der Waals surface area contributed by atoms with Crippen LogP contribution in [0.3, 0.4) is 0 Å². The molecule has 1 aromatic carbocycles. The minimum atomic E-state index is -3.30. The van der Waals surface area contributed by atoms with E-state index in [0.29, 0.717) is 18.0 Å². The van der Waals surface area contributed by atoms with Crippen molar-refractivity contribution < 1.29 is 13.2 Å². The fourth-order valence-corrected chi connectivity index (χ4v) is 3.15. The second-order valence-corrected chi connectivity index (χ2v) is 7.69. The molecule has 1 saturated heterocycles. The van der Waals surface area contributed by atoms with E-state index in [1.807, 2.05) is 6.92 Å². The van der Waals surface area contributed by atoms with E-state index in [2.05, 4.69) is 10.6 Å². The lowest BCUT2D eigenvalue weighted by Crippen LogP contribution is -2.38. The van der Waals surface area contributed by atoms with E-state index in [-0.39, 0.29) is 10.8 Å². The van der Waals surface area contributed by atoms with Crippen molar-refractivity contribution in [3.05, 3.63) is 29.3 Å². The van der Waals surface area contributed by atoms with Crippen LogP contribution in [0.15, 0.2) is 23.1 Å². The third kappa shape index (κ3) is 4.28. The van der Waals surface area contributed by atoms with Gasteiger partial charge in [-0.2, -0.15) is 0 Å². The summed E-state index contributed by atoms with van der Waals surface area (Å²) in [6.07, 6.45) is 3.38. The Morgan fingerprint density at radius 2 is 2.19 bits per heavy atom. The molecule has 5 nitrogen and oxygen atoms in total. The molecular weight excluding hydrogens is 288 g/mol. The average molecular weight is 310 g/mol.